The van der Waals surface area contributed by atoms with E-state index in [1.54, 1.807) is 0 Å². The minimum absolute atomic E-state index is 0.194. The van der Waals surface area contributed by atoms with Crippen LogP contribution in [0.3, 0.4) is 0 Å². The van der Waals surface area contributed by atoms with E-state index in [0.717, 1.165) is 23.1 Å². The van der Waals surface area contributed by atoms with Gasteiger partial charge in [-0.1, -0.05) is 18.2 Å². The molecule has 0 radical (unpaired) electrons. The molecule has 3 rings (SSSR count). The Morgan fingerprint density at radius 3 is 2.80 bits per heavy atom. The summed E-state index contributed by atoms with van der Waals surface area (Å²) in [6.07, 6.45) is 5.34. The first-order valence-electron chi connectivity index (χ1n) is 8.39. The lowest BCUT2D eigenvalue weighted by Crippen LogP contribution is -2.36. The number of nitrogens with zero attached hydrogens (tertiary/aromatic N) is 2. The molecular formula is C19H23N3O3. The van der Waals surface area contributed by atoms with Crippen molar-refractivity contribution in [3.05, 3.63) is 48.0 Å². The van der Waals surface area contributed by atoms with Crippen molar-refractivity contribution in [2.45, 2.75) is 38.9 Å². The zero-order valence-corrected chi connectivity index (χ0v) is 14.8. The van der Waals surface area contributed by atoms with E-state index in [0.29, 0.717) is 13.2 Å². The lowest BCUT2D eigenvalue weighted by molar-refractivity contribution is 0.0290. The molecule has 6 nitrogen and oxygen atoms in total. The summed E-state index contributed by atoms with van der Waals surface area (Å²) < 4.78 is 11.2. The smallest absolute Gasteiger partial charge is 0.407 e. The minimum atomic E-state index is -0.518. The first-order valence-corrected chi connectivity index (χ1v) is 8.39. The lowest BCUT2D eigenvalue weighted by Gasteiger charge is -2.28. The molecule has 25 heavy (non-hydrogen) atoms. The third-order valence-electron chi connectivity index (χ3n) is 3.93. The second-order valence-electron chi connectivity index (χ2n) is 6.99. The van der Waals surface area contributed by atoms with Gasteiger partial charge in [-0.25, -0.2) is 14.8 Å². The lowest BCUT2D eigenvalue weighted by atomic mass is 9.90. The summed E-state index contributed by atoms with van der Waals surface area (Å²) in [4.78, 5) is 20.1. The highest BCUT2D eigenvalue weighted by atomic mass is 16.6. The molecule has 0 aliphatic carbocycles. The van der Waals surface area contributed by atoms with Gasteiger partial charge in [-0.3, -0.25) is 0 Å². The summed E-state index contributed by atoms with van der Waals surface area (Å²) >= 11 is 0. The molecule has 0 spiro atoms. The number of carbonyl (C=O) groups excluding carboxylic acids is 1. The van der Waals surface area contributed by atoms with Crippen LogP contribution < -0.4 is 5.32 Å². The molecule has 1 N–H and O–H groups in total. The zero-order chi connectivity index (χ0) is 17.9. The van der Waals surface area contributed by atoms with Crippen molar-refractivity contribution in [2.24, 2.45) is 0 Å². The Bertz CT molecular complexity index is 741. The summed E-state index contributed by atoms with van der Waals surface area (Å²) in [5.41, 5.74) is 3.89. The molecule has 0 bridgehead atoms. The molecule has 0 fully saturated rings. The van der Waals surface area contributed by atoms with Crippen LogP contribution in [0.15, 0.2) is 36.9 Å². The summed E-state index contributed by atoms with van der Waals surface area (Å²) in [5, 5.41) is 2.80. The average molecular weight is 341 g/mol. The third-order valence-corrected chi connectivity index (χ3v) is 3.93. The van der Waals surface area contributed by atoms with Crippen LogP contribution in [0.4, 0.5) is 4.79 Å². The van der Waals surface area contributed by atoms with E-state index in [4.69, 9.17) is 9.47 Å². The number of benzene rings is 1. The number of amides is 1. The van der Waals surface area contributed by atoms with Crippen LogP contribution in [0.25, 0.3) is 11.1 Å². The standard InChI is InChI=1S/C19H23N3O3/c1-19(2,3)25-18(23)22-11-17-16-6-4-5-14(15(16)7-8-24-17)13-9-20-12-21-10-13/h4-6,9-10,12,17H,7-8,11H2,1-3H3,(H,22,23)/t17-/m1/s1. The Morgan fingerprint density at radius 2 is 2.08 bits per heavy atom. The fourth-order valence-corrected chi connectivity index (χ4v) is 2.95. The number of carbonyl (C=O) groups is 1. The van der Waals surface area contributed by atoms with Crippen LogP contribution in [0.2, 0.25) is 0 Å². The average Bonchev–Trinajstić information content (AvgIpc) is 2.58. The fourth-order valence-electron chi connectivity index (χ4n) is 2.95. The van der Waals surface area contributed by atoms with E-state index >= 15 is 0 Å². The quantitative estimate of drug-likeness (QED) is 0.927. The van der Waals surface area contributed by atoms with Gasteiger partial charge in [0.2, 0.25) is 0 Å². The predicted octanol–water partition coefficient (Wildman–Crippen LogP) is 3.28. The number of rotatable bonds is 3. The first kappa shape index (κ1) is 17.4. The highest BCUT2D eigenvalue weighted by Gasteiger charge is 2.25. The number of ether oxygens (including phenoxy) is 2. The van der Waals surface area contributed by atoms with Gasteiger partial charge in [0.05, 0.1) is 13.2 Å². The van der Waals surface area contributed by atoms with Gasteiger partial charge >= 0.3 is 6.09 Å². The van der Waals surface area contributed by atoms with Crippen molar-refractivity contribution >= 4 is 6.09 Å². The molecule has 132 valence electrons. The number of aromatic nitrogens is 2. The van der Waals surface area contributed by atoms with Gasteiger partial charge in [0, 0.05) is 18.0 Å². The van der Waals surface area contributed by atoms with Crippen LogP contribution in [-0.4, -0.2) is 34.8 Å². The van der Waals surface area contributed by atoms with Gasteiger partial charge in [0.1, 0.15) is 18.0 Å². The molecule has 1 aromatic carbocycles. The molecule has 1 atom stereocenters. The van der Waals surface area contributed by atoms with E-state index in [9.17, 15) is 4.79 Å². The number of alkyl carbamates (subject to hydrolysis) is 1. The molecule has 1 aromatic heterocycles. The zero-order valence-electron chi connectivity index (χ0n) is 14.8. The molecule has 2 aromatic rings. The molecule has 2 heterocycles. The van der Waals surface area contributed by atoms with Crippen LogP contribution in [-0.2, 0) is 15.9 Å². The molecule has 1 amide bonds. The Labute approximate surface area is 147 Å². The molecule has 0 unspecified atom stereocenters. The Hall–Kier alpha value is -2.47. The van der Waals surface area contributed by atoms with Gasteiger partial charge in [-0.05, 0) is 43.9 Å². The van der Waals surface area contributed by atoms with Crippen molar-refractivity contribution in [1.82, 2.24) is 15.3 Å². The van der Waals surface area contributed by atoms with Gasteiger partial charge in [0.15, 0.2) is 0 Å². The van der Waals surface area contributed by atoms with Crippen molar-refractivity contribution in [3.63, 3.8) is 0 Å². The van der Waals surface area contributed by atoms with E-state index in [-0.39, 0.29) is 6.10 Å². The molecule has 0 saturated carbocycles. The number of fused-ring (bicyclic) bond motifs is 1. The normalized spacial score (nSPS) is 16.8. The SMILES string of the molecule is CC(C)(C)OC(=O)NC[C@H]1OCCc2c(-c3cncnc3)cccc21. The van der Waals surface area contributed by atoms with Gasteiger partial charge < -0.3 is 14.8 Å². The highest BCUT2D eigenvalue weighted by Crippen LogP contribution is 2.33. The van der Waals surface area contributed by atoms with Crippen molar-refractivity contribution in [1.29, 1.82) is 0 Å². The monoisotopic (exact) mass is 341 g/mol. The summed E-state index contributed by atoms with van der Waals surface area (Å²) in [6.45, 7) is 6.50. The van der Waals surface area contributed by atoms with E-state index in [1.165, 1.54) is 11.9 Å². The van der Waals surface area contributed by atoms with Gasteiger partial charge in [-0.15, -0.1) is 0 Å². The summed E-state index contributed by atoms with van der Waals surface area (Å²) in [5.74, 6) is 0. The van der Waals surface area contributed by atoms with Crippen LogP contribution >= 0.6 is 0 Å². The Balaban J connectivity index is 1.78. The topological polar surface area (TPSA) is 73.3 Å². The number of hydrogen-bond donors (Lipinski definition) is 1. The van der Waals surface area contributed by atoms with Crippen LogP contribution in [0, 0.1) is 0 Å². The summed E-state index contributed by atoms with van der Waals surface area (Å²) in [7, 11) is 0. The largest absolute Gasteiger partial charge is 0.444 e. The van der Waals surface area contributed by atoms with Crippen molar-refractivity contribution in [2.75, 3.05) is 13.2 Å². The van der Waals surface area contributed by atoms with Gasteiger partial charge in [0.25, 0.3) is 0 Å². The fraction of sp³-hybridized carbons (Fsp3) is 0.421. The maximum atomic E-state index is 11.9. The Morgan fingerprint density at radius 1 is 1.32 bits per heavy atom. The van der Waals surface area contributed by atoms with Crippen LogP contribution in [0.5, 0.6) is 0 Å². The third kappa shape index (κ3) is 4.33. The van der Waals surface area contributed by atoms with E-state index in [1.807, 2.05) is 45.3 Å². The molecular weight excluding hydrogens is 318 g/mol. The molecule has 6 heteroatoms. The number of nitrogens with one attached hydrogen (secondary N) is 1. The number of hydrogen-bond acceptors (Lipinski definition) is 5. The van der Waals surface area contributed by atoms with Crippen LogP contribution in [0.1, 0.15) is 38.0 Å². The molecule has 0 saturated heterocycles. The van der Waals surface area contributed by atoms with Crippen molar-refractivity contribution < 1.29 is 14.3 Å². The highest BCUT2D eigenvalue weighted by molar-refractivity contribution is 5.69. The Kier molecular flexibility index (Phi) is 4.99. The minimum Gasteiger partial charge on any atom is -0.444 e. The van der Waals surface area contributed by atoms with E-state index in [2.05, 4.69) is 21.4 Å². The summed E-state index contributed by atoms with van der Waals surface area (Å²) in [6, 6.07) is 6.11. The maximum absolute atomic E-state index is 11.9. The van der Waals surface area contributed by atoms with Gasteiger partial charge in [-0.2, -0.15) is 0 Å². The second-order valence-corrected chi connectivity index (χ2v) is 6.99. The maximum Gasteiger partial charge on any atom is 0.407 e. The molecule has 1 aliphatic rings. The van der Waals surface area contributed by atoms with Crippen molar-refractivity contribution in [3.8, 4) is 11.1 Å². The first-order chi connectivity index (χ1) is 11.9. The molecule has 1 aliphatic heterocycles. The second kappa shape index (κ2) is 7.19. The van der Waals surface area contributed by atoms with E-state index < -0.39 is 11.7 Å². The predicted molar refractivity (Wildman–Crippen MR) is 94.1 cm³/mol.